The number of thiazole rings is 1. The highest BCUT2D eigenvalue weighted by atomic mass is 32.1. The number of aliphatic hydroxyl groups is 2. The second-order valence-electron chi connectivity index (χ2n) is 27.5. The van der Waals surface area contributed by atoms with E-state index < -0.39 is 52.3 Å². The van der Waals surface area contributed by atoms with E-state index in [1.54, 1.807) is 29.2 Å². The van der Waals surface area contributed by atoms with Gasteiger partial charge in [0.25, 0.3) is 0 Å². The number of carbonyl (C=O) groups excluding carboxylic acids is 4. The van der Waals surface area contributed by atoms with E-state index in [0.29, 0.717) is 92.1 Å². The molecule has 0 bridgehead atoms. The largest absolute Gasteiger partial charge is 0.508 e. The molecule has 7 atom stereocenters. The van der Waals surface area contributed by atoms with Crippen LogP contribution in [0, 0.1) is 35.3 Å². The molecule has 5 aliphatic heterocycles. The van der Waals surface area contributed by atoms with Crippen molar-refractivity contribution in [2.24, 2.45) is 16.7 Å². The number of likely N-dealkylation sites (tertiary alicyclic amines) is 2. The Morgan fingerprint density at radius 1 is 0.921 bits per heavy atom. The third-order valence-electron chi connectivity index (χ3n) is 20.1. The molecule has 6 fully saturated rings. The van der Waals surface area contributed by atoms with Crippen molar-refractivity contribution in [2.45, 2.75) is 167 Å². The molecule has 19 nitrogen and oxygen atoms in total. The molecule has 4 amide bonds. The van der Waals surface area contributed by atoms with E-state index in [9.17, 15) is 34.5 Å². The minimum absolute atomic E-state index is 0.0211. The van der Waals surface area contributed by atoms with Gasteiger partial charge in [0.2, 0.25) is 17.7 Å². The standard InChI is InChI=1S/C67H82F2N10O9S/c1-8-47-50(68)16-15-42-27-45(80)28-48(52(42)47)54-53(69)55-49(32-70-54)58(77-23-9-18-65(7,86)35-77)75-62(73-55)88-36-67-19-10-24-79(67)44(17-20-67)34-87-63(85)76-25-21-66(22-26-76)30-43(31-66)59(82)74-57(64(4,5)6)61(84)78-33-46(81)29-51(78)60(83)72-38(2)40-11-13-41(14-12-40)56-39(3)71-37-89-56/h11-16,27-28,32,37-38,43-44,46,51,57,80-81,86H,8-10,17-26,29-31,33-36H2,1-7H3,(H,72,83)(H,74,82)/t38-,44+,46+,51-,57+,65?,67+/m0/s1. The van der Waals surface area contributed by atoms with E-state index in [2.05, 4.69) is 25.5 Å². The molecule has 6 aromatic rings. The van der Waals surface area contributed by atoms with Crippen LogP contribution in [0.5, 0.6) is 11.8 Å². The molecule has 1 unspecified atom stereocenters. The highest BCUT2D eigenvalue weighted by molar-refractivity contribution is 7.13. The van der Waals surface area contributed by atoms with Crippen LogP contribution in [0.4, 0.5) is 19.4 Å². The summed E-state index contributed by atoms with van der Waals surface area (Å²) in [5.74, 6) is -2.29. The number of aliphatic hydroxyl groups excluding tert-OH is 1. The number of hydrogen-bond acceptors (Lipinski definition) is 16. The summed E-state index contributed by atoms with van der Waals surface area (Å²) in [7, 11) is 0. The highest BCUT2D eigenvalue weighted by Crippen LogP contribution is 2.53. The van der Waals surface area contributed by atoms with Gasteiger partial charge < -0.3 is 50.1 Å². The molecular weight excluding hydrogens is 1160 g/mol. The average Bonchev–Trinajstić information content (AvgIpc) is 1.57. The van der Waals surface area contributed by atoms with Gasteiger partial charge in [-0.15, -0.1) is 11.3 Å². The predicted octanol–water partition coefficient (Wildman–Crippen LogP) is 9.55. The van der Waals surface area contributed by atoms with Gasteiger partial charge in [-0.2, -0.15) is 9.97 Å². The smallest absolute Gasteiger partial charge is 0.409 e. The van der Waals surface area contributed by atoms with Crippen LogP contribution in [-0.2, 0) is 25.5 Å². The van der Waals surface area contributed by atoms with Gasteiger partial charge in [0, 0.05) is 62.9 Å². The van der Waals surface area contributed by atoms with Gasteiger partial charge in [-0.3, -0.25) is 24.3 Å². The molecule has 1 aliphatic carbocycles. The number of rotatable bonds is 15. The Morgan fingerprint density at radius 2 is 1.67 bits per heavy atom. The van der Waals surface area contributed by atoms with E-state index in [1.165, 1.54) is 29.3 Å². The van der Waals surface area contributed by atoms with Crippen LogP contribution in [0.3, 0.4) is 0 Å². The molecule has 1 spiro atoms. The van der Waals surface area contributed by atoms with Crippen LogP contribution in [0.25, 0.3) is 43.4 Å². The number of pyridine rings is 1. The first-order valence-corrected chi connectivity index (χ1v) is 32.5. The number of phenols is 1. The Bertz CT molecular complexity index is 3700. The monoisotopic (exact) mass is 1240 g/mol. The van der Waals surface area contributed by atoms with Gasteiger partial charge in [-0.05, 0) is 154 Å². The van der Waals surface area contributed by atoms with Crippen LogP contribution >= 0.6 is 11.3 Å². The summed E-state index contributed by atoms with van der Waals surface area (Å²) < 4.78 is 45.3. The molecule has 3 aromatic heterocycles. The molecule has 474 valence electrons. The molecule has 12 rings (SSSR count). The number of hydrogen-bond donors (Lipinski definition) is 5. The number of ether oxygens (including phenoxy) is 2. The Morgan fingerprint density at radius 3 is 2.38 bits per heavy atom. The van der Waals surface area contributed by atoms with Gasteiger partial charge in [-0.25, -0.2) is 18.6 Å². The number of anilines is 1. The molecule has 22 heteroatoms. The van der Waals surface area contributed by atoms with Crippen LogP contribution in [0.15, 0.2) is 60.2 Å². The van der Waals surface area contributed by atoms with Crippen molar-refractivity contribution in [3.8, 4) is 33.5 Å². The maximum absolute atomic E-state index is 17.3. The van der Waals surface area contributed by atoms with E-state index in [1.807, 2.05) is 76.2 Å². The van der Waals surface area contributed by atoms with Crippen molar-refractivity contribution in [2.75, 3.05) is 57.4 Å². The Hall–Kier alpha value is -7.14. The number of amides is 4. The van der Waals surface area contributed by atoms with Gasteiger partial charge in [0.15, 0.2) is 5.82 Å². The van der Waals surface area contributed by atoms with Gasteiger partial charge >= 0.3 is 12.1 Å². The van der Waals surface area contributed by atoms with Crippen molar-refractivity contribution in [1.82, 2.24) is 45.3 Å². The maximum Gasteiger partial charge on any atom is 0.409 e. The normalized spacial score (nSPS) is 24.4. The quantitative estimate of drug-likeness (QED) is 0.0644. The molecule has 89 heavy (non-hydrogen) atoms. The third kappa shape index (κ3) is 12.2. The average molecular weight is 1240 g/mol. The van der Waals surface area contributed by atoms with Gasteiger partial charge in [0.05, 0.1) is 44.8 Å². The summed E-state index contributed by atoms with van der Waals surface area (Å²) in [6.07, 6.45) is 7.82. The number of fused-ring (bicyclic) bond motifs is 3. The zero-order chi connectivity index (χ0) is 62.9. The summed E-state index contributed by atoms with van der Waals surface area (Å²) in [5.41, 5.74) is 2.88. The Labute approximate surface area is 521 Å². The molecule has 6 aliphatic rings. The number of benzene rings is 3. The second kappa shape index (κ2) is 24.2. The number of aromatic nitrogens is 4. The van der Waals surface area contributed by atoms with Crippen LogP contribution < -0.4 is 20.3 Å². The number of nitrogens with one attached hydrogen (secondary N) is 2. The van der Waals surface area contributed by atoms with Crippen LogP contribution in [0.1, 0.15) is 135 Å². The Kier molecular flexibility index (Phi) is 16.9. The van der Waals surface area contributed by atoms with Crippen molar-refractivity contribution < 1.29 is 52.8 Å². The molecular formula is C67H82F2N10O9S. The van der Waals surface area contributed by atoms with E-state index >= 15 is 8.78 Å². The number of nitrogens with zero attached hydrogens (tertiary/aromatic N) is 8. The first-order valence-electron chi connectivity index (χ1n) is 31.6. The lowest BCUT2D eigenvalue weighted by Crippen LogP contribution is -2.60. The fourth-order valence-corrected chi connectivity index (χ4v) is 16.0. The van der Waals surface area contributed by atoms with Crippen LogP contribution in [0.2, 0.25) is 0 Å². The summed E-state index contributed by atoms with van der Waals surface area (Å²) in [4.78, 5) is 83.2. The fourth-order valence-electron chi connectivity index (χ4n) is 15.2. The number of aryl methyl sites for hydroxylation is 2. The first kappa shape index (κ1) is 62.1. The number of β-amino-alcohol motifs (C(OH)–C–C–N with tert-alkyl or cyclic N) is 2. The molecule has 0 radical (unpaired) electrons. The zero-order valence-corrected chi connectivity index (χ0v) is 52.7. The van der Waals surface area contributed by atoms with E-state index in [4.69, 9.17) is 19.4 Å². The van der Waals surface area contributed by atoms with E-state index in [-0.39, 0.29) is 103 Å². The van der Waals surface area contributed by atoms with Gasteiger partial charge in [-0.1, -0.05) is 58.0 Å². The number of carbonyl (C=O) groups is 4. The topological polar surface area (TPSA) is 236 Å². The Balaban J connectivity index is 0.649. The van der Waals surface area contributed by atoms with E-state index in [0.717, 1.165) is 53.9 Å². The molecule has 5 saturated heterocycles. The summed E-state index contributed by atoms with van der Waals surface area (Å²) in [6, 6.07) is 11.4. The molecule has 3 aromatic carbocycles. The lowest BCUT2D eigenvalue weighted by molar-refractivity contribution is -0.146. The second-order valence-corrected chi connectivity index (χ2v) is 28.4. The fraction of sp³-hybridized carbons (Fsp3) is 0.552. The first-order chi connectivity index (χ1) is 42.4. The number of phenolic OH excluding ortho intramolecular Hbond substituents is 1. The maximum atomic E-state index is 17.3. The minimum atomic E-state index is -1.03. The predicted molar refractivity (Wildman–Crippen MR) is 334 cm³/mol. The summed E-state index contributed by atoms with van der Waals surface area (Å²) in [6.45, 7) is 16.0. The van der Waals surface area contributed by atoms with Gasteiger partial charge in [0.1, 0.15) is 53.9 Å². The highest BCUT2D eigenvalue weighted by Gasteiger charge is 2.53. The minimum Gasteiger partial charge on any atom is -0.508 e. The molecule has 5 N–H and O–H groups in total. The summed E-state index contributed by atoms with van der Waals surface area (Å²) in [5, 5.41) is 40.3. The SMILES string of the molecule is CCc1c(F)ccc2cc(O)cc(-c3ncc4c(N5CCCC(C)(O)C5)nc(OC[C@]56CCCN5[C@@H](COC(=O)N5CCC7(CC5)CC(C(=O)N[C@H](C(=O)N5C[C@H](O)C[C@H]5C(=O)N[C@@H](C)c5ccc(-c8scnc8C)cc5)C(C)(C)C)C7)CC6)nc4c3F)c12. The summed E-state index contributed by atoms with van der Waals surface area (Å²) >= 11 is 1.57. The molecule has 1 saturated carbocycles. The number of piperidine rings is 2. The molecule has 8 heterocycles. The van der Waals surface area contributed by atoms with Crippen molar-refractivity contribution in [3.05, 3.63) is 88.7 Å². The van der Waals surface area contributed by atoms with Crippen molar-refractivity contribution >= 4 is 62.6 Å². The van der Waals surface area contributed by atoms with Crippen molar-refractivity contribution in [1.29, 1.82) is 0 Å². The van der Waals surface area contributed by atoms with Crippen molar-refractivity contribution in [3.63, 3.8) is 0 Å². The zero-order valence-electron chi connectivity index (χ0n) is 51.9. The lowest BCUT2D eigenvalue weighted by Gasteiger charge is -2.51. The van der Waals surface area contributed by atoms with Crippen LogP contribution in [-0.4, -0.2) is 162 Å². The number of aromatic hydroxyl groups is 1. The third-order valence-corrected chi connectivity index (χ3v) is 21.1. The lowest BCUT2D eigenvalue weighted by atomic mass is 9.57. The number of halogens is 2.